The highest BCUT2D eigenvalue weighted by Gasteiger charge is 2.29. The molecule has 0 aliphatic carbocycles. The van der Waals surface area contributed by atoms with Crippen molar-refractivity contribution in [3.8, 4) is 0 Å². The molecule has 0 spiro atoms. The summed E-state index contributed by atoms with van der Waals surface area (Å²) in [7, 11) is 0. The van der Waals surface area contributed by atoms with Crippen LogP contribution in [0.3, 0.4) is 0 Å². The van der Waals surface area contributed by atoms with E-state index < -0.39 is 0 Å². The number of thioether (sulfide) groups is 1. The summed E-state index contributed by atoms with van der Waals surface area (Å²) >= 11 is 2.13. The van der Waals surface area contributed by atoms with Crippen molar-refractivity contribution in [1.29, 1.82) is 0 Å². The summed E-state index contributed by atoms with van der Waals surface area (Å²) in [6.07, 6.45) is 3.86. The molecule has 1 aliphatic rings. The highest BCUT2D eigenvalue weighted by atomic mass is 32.2. The second-order valence-corrected chi connectivity index (χ2v) is 6.69. The minimum Gasteiger partial charge on any atom is -0.315 e. The van der Waals surface area contributed by atoms with Crippen LogP contribution in [0.4, 0.5) is 0 Å². The number of hydrogen-bond acceptors (Lipinski definition) is 3. The van der Waals surface area contributed by atoms with E-state index in [1.807, 2.05) is 0 Å². The molecule has 3 heteroatoms. The Morgan fingerprint density at radius 2 is 2.06 bits per heavy atom. The van der Waals surface area contributed by atoms with Gasteiger partial charge in [0, 0.05) is 36.2 Å². The van der Waals surface area contributed by atoms with Crippen LogP contribution in [0.5, 0.6) is 0 Å². The lowest BCUT2D eigenvalue weighted by molar-refractivity contribution is 0.136. The highest BCUT2D eigenvalue weighted by molar-refractivity contribution is 8.00. The van der Waals surface area contributed by atoms with Crippen molar-refractivity contribution in [2.75, 3.05) is 25.4 Å². The van der Waals surface area contributed by atoms with E-state index in [1.165, 1.54) is 38.1 Å². The molecule has 1 aliphatic heterocycles. The molecule has 0 aromatic carbocycles. The Morgan fingerprint density at radius 1 is 1.29 bits per heavy atom. The fourth-order valence-electron chi connectivity index (χ4n) is 2.64. The number of hydrogen-bond donors (Lipinski definition) is 1. The zero-order chi connectivity index (χ0) is 12.7. The summed E-state index contributed by atoms with van der Waals surface area (Å²) in [6.45, 7) is 12.9. The molecule has 1 saturated heterocycles. The molecule has 0 bridgehead atoms. The largest absolute Gasteiger partial charge is 0.315 e. The van der Waals surface area contributed by atoms with E-state index in [2.05, 4.69) is 49.7 Å². The van der Waals surface area contributed by atoms with Gasteiger partial charge < -0.3 is 5.32 Å². The van der Waals surface area contributed by atoms with Crippen molar-refractivity contribution < 1.29 is 0 Å². The molecular formula is C14H30N2S. The summed E-state index contributed by atoms with van der Waals surface area (Å²) in [6, 6.07) is 1.47. The van der Waals surface area contributed by atoms with Gasteiger partial charge in [0.25, 0.3) is 0 Å². The van der Waals surface area contributed by atoms with Crippen LogP contribution in [0.2, 0.25) is 0 Å². The predicted molar refractivity (Wildman–Crippen MR) is 79.9 cm³/mol. The summed E-state index contributed by atoms with van der Waals surface area (Å²) in [5.74, 6) is 1.31. The van der Waals surface area contributed by atoms with Crippen LogP contribution in [0, 0.1) is 0 Å². The maximum Gasteiger partial charge on any atom is 0.0224 e. The van der Waals surface area contributed by atoms with Gasteiger partial charge >= 0.3 is 0 Å². The predicted octanol–water partition coefficient (Wildman–Crippen LogP) is 2.98. The lowest BCUT2D eigenvalue weighted by Gasteiger charge is -2.42. The van der Waals surface area contributed by atoms with Crippen molar-refractivity contribution >= 4 is 11.8 Å². The molecule has 17 heavy (non-hydrogen) atoms. The first-order valence-electron chi connectivity index (χ1n) is 7.28. The molecule has 0 amide bonds. The van der Waals surface area contributed by atoms with E-state index in [1.54, 1.807) is 0 Å². The van der Waals surface area contributed by atoms with Gasteiger partial charge in [0.1, 0.15) is 0 Å². The van der Waals surface area contributed by atoms with E-state index in [9.17, 15) is 0 Å². The van der Waals surface area contributed by atoms with Gasteiger partial charge in [-0.1, -0.05) is 27.2 Å². The first-order valence-corrected chi connectivity index (χ1v) is 8.33. The standard InChI is InChI=1S/C14H30N2S/c1-5-7-14(11-15-8-6-2)16-9-10-17-13(4)12(16)3/h12-15H,5-11H2,1-4H3. The molecule has 0 saturated carbocycles. The van der Waals surface area contributed by atoms with Crippen LogP contribution in [-0.4, -0.2) is 47.6 Å². The third-order valence-corrected chi connectivity index (χ3v) is 5.17. The molecule has 1 fully saturated rings. The van der Waals surface area contributed by atoms with Crippen LogP contribution in [0.1, 0.15) is 47.0 Å². The van der Waals surface area contributed by atoms with Gasteiger partial charge in [-0.05, 0) is 26.3 Å². The minimum atomic E-state index is 0.730. The van der Waals surface area contributed by atoms with Gasteiger partial charge in [-0.25, -0.2) is 0 Å². The molecule has 102 valence electrons. The molecule has 3 atom stereocenters. The van der Waals surface area contributed by atoms with Crippen molar-refractivity contribution in [2.24, 2.45) is 0 Å². The Hall–Kier alpha value is 0.270. The Morgan fingerprint density at radius 3 is 2.71 bits per heavy atom. The third kappa shape index (κ3) is 4.80. The fourth-order valence-corrected chi connectivity index (χ4v) is 3.76. The summed E-state index contributed by atoms with van der Waals surface area (Å²) in [4.78, 5) is 2.74. The number of rotatable bonds is 7. The Bertz CT molecular complexity index is 199. The summed E-state index contributed by atoms with van der Waals surface area (Å²) in [5, 5.41) is 4.39. The van der Waals surface area contributed by atoms with Crippen LogP contribution < -0.4 is 5.32 Å². The molecule has 2 nitrogen and oxygen atoms in total. The first kappa shape index (κ1) is 15.3. The van der Waals surface area contributed by atoms with E-state index in [0.29, 0.717) is 0 Å². The molecule has 1 heterocycles. The quantitative estimate of drug-likeness (QED) is 0.707. The molecule has 1 rings (SSSR count). The van der Waals surface area contributed by atoms with Gasteiger partial charge in [0.05, 0.1) is 0 Å². The molecule has 0 radical (unpaired) electrons. The van der Waals surface area contributed by atoms with Gasteiger partial charge in [-0.15, -0.1) is 0 Å². The van der Waals surface area contributed by atoms with Crippen molar-refractivity contribution in [3.05, 3.63) is 0 Å². The number of nitrogens with zero attached hydrogens (tertiary/aromatic N) is 1. The van der Waals surface area contributed by atoms with Gasteiger partial charge in [0.15, 0.2) is 0 Å². The molecule has 0 aromatic heterocycles. The maximum atomic E-state index is 3.60. The summed E-state index contributed by atoms with van der Waals surface area (Å²) < 4.78 is 0. The highest BCUT2D eigenvalue weighted by Crippen LogP contribution is 2.26. The van der Waals surface area contributed by atoms with Crippen molar-refractivity contribution in [2.45, 2.75) is 64.3 Å². The molecule has 0 aromatic rings. The zero-order valence-electron chi connectivity index (χ0n) is 12.0. The molecular weight excluding hydrogens is 228 g/mol. The van der Waals surface area contributed by atoms with Crippen LogP contribution in [0.15, 0.2) is 0 Å². The normalized spacial score (nSPS) is 28.2. The van der Waals surface area contributed by atoms with E-state index in [-0.39, 0.29) is 0 Å². The topological polar surface area (TPSA) is 15.3 Å². The van der Waals surface area contributed by atoms with Gasteiger partial charge in [0.2, 0.25) is 0 Å². The minimum absolute atomic E-state index is 0.730. The summed E-state index contributed by atoms with van der Waals surface area (Å²) in [5.41, 5.74) is 0. The van der Waals surface area contributed by atoms with Crippen molar-refractivity contribution in [1.82, 2.24) is 10.2 Å². The lowest BCUT2D eigenvalue weighted by Crippen LogP contribution is -2.53. The second-order valence-electron chi connectivity index (χ2n) is 5.20. The average Bonchev–Trinajstić information content (AvgIpc) is 2.32. The van der Waals surface area contributed by atoms with Crippen LogP contribution in [-0.2, 0) is 0 Å². The van der Waals surface area contributed by atoms with E-state index >= 15 is 0 Å². The van der Waals surface area contributed by atoms with Crippen LogP contribution in [0.25, 0.3) is 0 Å². The Kier molecular flexibility index (Phi) is 7.56. The monoisotopic (exact) mass is 258 g/mol. The Labute approximate surface area is 112 Å². The van der Waals surface area contributed by atoms with Gasteiger partial charge in [-0.2, -0.15) is 11.8 Å². The van der Waals surface area contributed by atoms with Crippen LogP contribution >= 0.6 is 11.8 Å². The zero-order valence-corrected chi connectivity index (χ0v) is 12.9. The Balaban J connectivity index is 2.48. The number of nitrogens with one attached hydrogen (secondary N) is 1. The second kappa shape index (κ2) is 8.39. The molecule has 1 N–H and O–H groups in total. The smallest absolute Gasteiger partial charge is 0.0224 e. The third-order valence-electron chi connectivity index (χ3n) is 3.83. The molecule has 3 unspecified atom stereocenters. The average molecular weight is 258 g/mol. The van der Waals surface area contributed by atoms with E-state index in [4.69, 9.17) is 0 Å². The lowest BCUT2D eigenvalue weighted by atomic mass is 10.1. The van der Waals surface area contributed by atoms with E-state index in [0.717, 1.165) is 23.9 Å². The van der Waals surface area contributed by atoms with Gasteiger partial charge in [-0.3, -0.25) is 4.90 Å². The fraction of sp³-hybridized carbons (Fsp3) is 1.00. The first-order chi connectivity index (χ1) is 8.20. The SMILES string of the molecule is CCCNCC(CCC)N1CCSC(C)C1C. The van der Waals surface area contributed by atoms with Crippen molar-refractivity contribution in [3.63, 3.8) is 0 Å². The maximum absolute atomic E-state index is 3.60.